The van der Waals surface area contributed by atoms with Gasteiger partial charge in [-0.3, -0.25) is 0 Å². The average Bonchev–Trinajstić information content (AvgIpc) is 2.96. The second-order valence-corrected chi connectivity index (χ2v) is 7.02. The Morgan fingerprint density at radius 1 is 1.00 bits per heavy atom. The zero-order valence-electron chi connectivity index (χ0n) is 11.9. The molecule has 2 saturated carbocycles. The first-order valence-corrected chi connectivity index (χ1v) is 8.50. The highest BCUT2D eigenvalue weighted by Crippen LogP contribution is 2.41. The highest BCUT2D eigenvalue weighted by molar-refractivity contribution is 6.29. The summed E-state index contributed by atoms with van der Waals surface area (Å²) >= 11 is 6.23. The normalized spacial score (nSPS) is 27.4. The molecule has 20 heavy (non-hydrogen) atoms. The molecule has 0 radical (unpaired) electrons. The zero-order chi connectivity index (χ0) is 13.5. The minimum absolute atomic E-state index is 0.569. The molecule has 1 unspecified atom stereocenters. The van der Waals surface area contributed by atoms with Gasteiger partial charge in [-0.15, -0.1) is 0 Å². The van der Waals surface area contributed by atoms with Gasteiger partial charge in [-0.1, -0.05) is 24.4 Å². The molecular formula is C16H22ClN3. The fourth-order valence-electron chi connectivity index (χ4n) is 4.00. The lowest BCUT2D eigenvalue weighted by molar-refractivity contribution is 0.429. The lowest BCUT2D eigenvalue weighted by atomic mass is 9.96. The van der Waals surface area contributed by atoms with Gasteiger partial charge in [-0.05, 0) is 44.4 Å². The van der Waals surface area contributed by atoms with Crippen LogP contribution in [-0.2, 0) is 0 Å². The first kappa shape index (κ1) is 12.9. The van der Waals surface area contributed by atoms with Crippen LogP contribution >= 0.6 is 11.6 Å². The summed E-state index contributed by atoms with van der Waals surface area (Å²) < 4.78 is 0. The van der Waals surface area contributed by atoms with Crippen LogP contribution < -0.4 is 4.90 Å². The van der Waals surface area contributed by atoms with Crippen molar-refractivity contribution in [1.82, 2.24) is 9.97 Å². The van der Waals surface area contributed by atoms with E-state index >= 15 is 0 Å². The van der Waals surface area contributed by atoms with Crippen molar-refractivity contribution in [3.05, 3.63) is 17.0 Å². The first-order valence-electron chi connectivity index (χ1n) is 8.12. The number of aromatic nitrogens is 2. The van der Waals surface area contributed by atoms with Gasteiger partial charge in [0.15, 0.2) is 0 Å². The van der Waals surface area contributed by atoms with E-state index in [1.165, 1.54) is 51.4 Å². The SMILES string of the molecule is Clc1cc(N2CCCC2C2CCCC2)nc(C2CC2)n1. The van der Waals surface area contributed by atoms with Crippen molar-refractivity contribution in [1.29, 1.82) is 0 Å². The van der Waals surface area contributed by atoms with Crippen LogP contribution in [-0.4, -0.2) is 22.6 Å². The molecule has 4 rings (SSSR count). The Morgan fingerprint density at radius 3 is 2.55 bits per heavy atom. The maximum absolute atomic E-state index is 6.23. The minimum Gasteiger partial charge on any atom is -0.353 e. The molecule has 2 heterocycles. The van der Waals surface area contributed by atoms with E-state index in [1.807, 2.05) is 6.07 Å². The molecule has 1 saturated heterocycles. The van der Waals surface area contributed by atoms with Crippen molar-refractivity contribution >= 4 is 17.4 Å². The number of rotatable bonds is 3. The monoisotopic (exact) mass is 291 g/mol. The van der Waals surface area contributed by atoms with E-state index in [0.717, 1.165) is 24.1 Å². The predicted molar refractivity (Wildman–Crippen MR) is 81.3 cm³/mol. The Morgan fingerprint density at radius 2 is 1.80 bits per heavy atom. The third kappa shape index (κ3) is 2.41. The van der Waals surface area contributed by atoms with Crippen molar-refractivity contribution in [2.75, 3.05) is 11.4 Å². The molecular weight excluding hydrogens is 270 g/mol. The summed E-state index contributed by atoms with van der Waals surface area (Å²) in [6, 6.07) is 2.66. The van der Waals surface area contributed by atoms with Crippen LogP contribution in [0.1, 0.15) is 63.1 Å². The molecule has 3 nitrogen and oxygen atoms in total. The van der Waals surface area contributed by atoms with E-state index in [-0.39, 0.29) is 0 Å². The summed E-state index contributed by atoms with van der Waals surface area (Å²) in [6.45, 7) is 1.14. The number of hydrogen-bond donors (Lipinski definition) is 0. The summed E-state index contributed by atoms with van der Waals surface area (Å²) in [5.74, 6) is 3.50. The lowest BCUT2D eigenvalue weighted by Gasteiger charge is -2.30. The molecule has 1 aromatic heterocycles. The van der Waals surface area contributed by atoms with E-state index in [9.17, 15) is 0 Å². The Bertz CT molecular complexity index is 494. The molecule has 0 aromatic carbocycles. The molecule has 2 aliphatic carbocycles. The largest absolute Gasteiger partial charge is 0.353 e. The second-order valence-electron chi connectivity index (χ2n) is 6.63. The van der Waals surface area contributed by atoms with Gasteiger partial charge >= 0.3 is 0 Å². The Balaban J connectivity index is 1.61. The van der Waals surface area contributed by atoms with E-state index < -0.39 is 0 Å². The zero-order valence-corrected chi connectivity index (χ0v) is 12.6. The molecule has 1 atom stereocenters. The van der Waals surface area contributed by atoms with Crippen molar-refractivity contribution in [3.8, 4) is 0 Å². The van der Waals surface area contributed by atoms with Gasteiger partial charge in [0.1, 0.15) is 16.8 Å². The summed E-state index contributed by atoms with van der Waals surface area (Å²) in [5, 5.41) is 0.619. The van der Waals surface area contributed by atoms with Crippen LogP contribution in [0.15, 0.2) is 6.07 Å². The van der Waals surface area contributed by atoms with E-state index in [4.69, 9.17) is 16.6 Å². The first-order chi connectivity index (χ1) is 9.81. The lowest BCUT2D eigenvalue weighted by Crippen LogP contribution is -2.35. The molecule has 3 fully saturated rings. The van der Waals surface area contributed by atoms with Gasteiger partial charge in [0.2, 0.25) is 0 Å². The van der Waals surface area contributed by atoms with Gasteiger partial charge in [0, 0.05) is 24.6 Å². The van der Waals surface area contributed by atoms with Crippen molar-refractivity contribution in [2.45, 2.75) is 63.3 Å². The van der Waals surface area contributed by atoms with Gasteiger partial charge in [-0.25, -0.2) is 9.97 Å². The standard InChI is InChI=1S/C16H22ClN3/c17-14-10-15(19-16(18-14)12-7-8-12)20-9-3-6-13(20)11-4-1-2-5-11/h10-13H,1-9H2. The van der Waals surface area contributed by atoms with Crippen LogP contribution in [0, 0.1) is 5.92 Å². The molecule has 4 heteroatoms. The molecule has 108 valence electrons. The summed E-state index contributed by atoms with van der Waals surface area (Å²) in [6.07, 6.45) is 10.7. The highest BCUT2D eigenvalue weighted by Gasteiger charge is 2.35. The Hall–Kier alpha value is -0.830. The van der Waals surface area contributed by atoms with Crippen LogP contribution in [0.3, 0.4) is 0 Å². The van der Waals surface area contributed by atoms with Crippen molar-refractivity contribution < 1.29 is 0 Å². The maximum Gasteiger partial charge on any atom is 0.135 e. The van der Waals surface area contributed by atoms with Gasteiger partial charge in [0.05, 0.1) is 0 Å². The Labute approximate surface area is 125 Å². The fraction of sp³-hybridized carbons (Fsp3) is 0.750. The summed E-state index contributed by atoms with van der Waals surface area (Å²) in [7, 11) is 0. The van der Waals surface area contributed by atoms with E-state index in [1.54, 1.807) is 0 Å². The molecule has 0 bridgehead atoms. The highest BCUT2D eigenvalue weighted by atomic mass is 35.5. The summed E-state index contributed by atoms with van der Waals surface area (Å²) in [4.78, 5) is 11.8. The average molecular weight is 292 g/mol. The molecule has 0 N–H and O–H groups in total. The van der Waals surface area contributed by atoms with Gasteiger partial charge < -0.3 is 4.90 Å². The van der Waals surface area contributed by atoms with E-state index in [2.05, 4.69) is 9.88 Å². The number of nitrogens with zero attached hydrogens (tertiary/aromatic N) is 3. The van der Waals surface area contributed by atoms with Gasteiger partial charge in [0.25, 0.3) is 0 Å². The fourth-order valence-corrected chi connectivity index (χ4v) is 4.19. The number of anilines is 1. The topological polar surface area (TPSA) is 29.0 Å². The van der Waals surface area contributed by atoms with E-state index in [0.29, 0.717) is 17.1 Å². The number of hydrogen-bond acceptors (Lipinski definition) is 3. The van der Waals surface area contributed by atoms with Gasteiger partial charge in [-0.2, -0.15) is 0 Å². The van der Waals surface area contributed by atoms with Crippen molar-refractivity contribution in [3.63, 3.8) is 0 Å². The molecule has 0 amide bonds. The maximum atomic E-state index is 6.23. The van der Waals surface area contributed by atoms with Crippen LogP contribution in [0.2, 0.25) is 5.15 Å². The molecule has 1 aromatic rings. The Kier molecular flexibility index (Phi) is 3.33. The number of halogens is 1. The smallest absolute Gasteiger partial charge is 0.135 e. The molecule has 1 aliphatic heterocycles. The second kappa shape index (κ2) is 5.18. The third-order valence-electron chi connectivity index (χ3n) is 5.18. The van der Waals surface area contributed by atoms with Crippen molar-refractivity contribution in [2.24, 2.45) is 5.92 Å². The molecule has 0 spiro atoms. The van der Waals surface area contributed by atoms with Crippen LogP contribution in [0.4, 0.5) is 5.82 Å². The quantitative estimate of drug-likeness (QED) is 0.783. The van der Waals surface area contributed by atoms with Crippen LogP contribution in [0.25, 0.3) is 0 Å². The summed E-state index contributed by atoms with van der Waals surface area (Å²) in [5.41, 5.74) is 0. The van der Waals surface area contributed by atoms with Crippen LogP contribution in [0.5, 0.6) is 0 Å². The molecule has 3 aliphatic rings. The predicted octanol–water partition coefficient (Wildman–Crippen LogP) is 4.17. The third-order valence-corrected chi connectivity index (χ3v) is 5.37. The minimum atomic E-state index is 0.569.